The van der Waals surface area contributed by atoms with Crippen LogP contribution >= 0.6 is 0 Å². The average Bonchev–Trinajstić information content (AvgIpc) is 3.08. The SMILES string of the molecule is CC(C)(O)c1cccc(-n2c3nc(Nc4ccc5c(c4)CCNC5)ncc3c(=O)n2CC(F)(F)F)c1. The van der Waals surface area contributed by atoms with Gasteiger partial charge < -0.3 is 15.7 Å². The summed E-state index contributed by atoms with van der Waals surface area (Å²) in [6, 6.07) is 12.3. The van der Waals surface area contributed by atoms with Crippen molar-refractivity contribution in [2.24, 2.45) is 0 Å². The number of nitrogens with one attached hydrogen (secondary N) is 2. The molecule has 0 spiro atoms. The summed E-state index contributed by atoms with van der Waals surface area (Å²) < 4.78 is 42.1. The Hall–Kier alpha value is -3.70. The number of fused-ring (bicyclic) bond motifs is 2. The second-order valence-corrected chi connectivity index (χ2v) is 9.37. The van der Waals surface area contributed by atoms with Crippen molar-refractivity contribution in [2.75, 3.05) is 11.9 Å². The lowest BCUT2D eigenvalue weighted by molar-refractivity contribution is -0.144. The van der Waals surface area contributed by atoms with Crippen molar-refractivity contribution in [1.29, 1.82) is 0 Å². The van der Waals surface area contributed by atoms with Gasteiger partial charge >= 0.3 is 6.18 Å². The highest BCUT2D eigenvalue weighted by Gasteiger charge is 2.32. The first-order valence-corrected chi connectivity index (χ1v) is 11.5. The van der Waals surface area contributed by atoms with Crippen LogP contribution in [0.5, 0.6) is 0 Å². The van der Waals surface area contributed by atoms with Crippen LogP contribution in [-0.4, -0.2) is 37.2 Å². The molecule has 0 aliphatic carbocycles. The predicted molar refractivity (Wildman–Crippen MR) is 130 cm³/mol. The number of rotatable bonds is 5. The zero-order chi connectivity index (χ0) is 25.7. The third-order valence-electron chi connectivity index (χ3n) is 6.15. The monoisotopic (exact) mass is 498 g/mol. The molecule has 4 aromatic rings. The van der Waals surface area contributed by atoms with Gasteiger partial charge in [-0.15, -0.1) is 0 Å². The van der Waals surface area contributed by atoms with Gasteiger partial charge in [0.2, 0.25) is 5.95 Å². The molecule has 0 atom stereocenters. The van der Waals surface area contributed by atoms with Gasteiger partial charge in [0.05, 0.1) is 11.3 Å². The van der Waals surface area contributed by atoms with Crippen LogP contribution in [0.2, 0.25) is 0 Å². The van der Waals surface area contributed by atoms with Crippen molar-refractivity contribution in [1.82, 2.24) is 24.6 Å². The molecular formula is C25H25F3N6O2. The molecule has 2 aromatic carbocycles. The molecular weight excluding hydrogens is 473 g/mol. The molecule has 3 N–H and O–H groups in total. The fraction of sp³-hybridized carbons (Fsp3) is 0.320. The summed E-state index contributed by atoms with van der Waals surface area (Å²) in [5.74, 6) is 0.146. The van der Waals surface area contributed by atoms with E-state index in [1.807, 2.05) is 18.2 Å². The Kier molecular flexibility index (Phi) is 5.84. The molecule has 0 saturated carbocycles. The molecule has 0 amide bonds. The van der Waals surface area contributed by atoms with E-state index in [4.69, 9.17) is 0 Å². The Morgan fingerprint density at radius 2 is 1.94 bits per heavy atom. The molecule has 0 bridgehead atoms. The molecule has 0 saturated heterocycles. The van der Waals surface area contributed by atoms with E-state index in [2.05, 4.69) is 20.6 Å². The minimum atomic E-state index is -4.64. The van der Waals surface area contributed by atoms with Gasteiger partial charge in [-0.05, 0) is 67.8 Å². The van der Waals surface area contributed by atoms with Crippen LogP contribution in [0.3, 0.4) is 0 Å². The first-order valence-electron chi connectivity index (χ1n) is 11.5. The van der Waals surface area contributed by atoms with Crippen LogP contribution in [-0.2, 0) is 25.1 Å². The topological polar surface area (TPSA) is 97.0 Å². The van der Waals surface area contributed by atoms with Crippen LogP contribution in [0.4, 0.5) is 24.8 Å². The van der Waals surface area contributed by atoms with Crippen LogP contribution in [0.15, 0.2) is 53.5 Å². The maximum Gasteiger partial charge on any atom is 0.408 e. The number of alkyl halides is 3. The average molecular weight is 499 g/mol. The van der Waals surface area contributed by atoms with Gasteiger partial charge in [0.25, 0.3) is 5.56 Å². The molecule has 0 radical (unpaired) electrons. The van der Waals surface area contributed by atoms with Gasteiger partial charge in [0.1, 0.15) is 11.9 Å². The van der Waals surface area contributed by atoms with Gasteiger partial charge in [0.15, 0.2) is 5.65 Å². The summed E-state index contributed by atoms with van der Waals surface area (Å²) in [5, 5.41) is 16.8. The fourth-order valence-corrected chi connectivity index (χ4v) is 4.37. The van der Waals surface area contributed by atoms with Crippen molar-refractivity contribution >= 4 is 22.7 Å². The Morgan fingerprint density at radius 3 is 2.69 bits per heavy atom. The van der Waals surface area contributed by atoms with Gasteiger partial charge in [-0.1, -0.05) is 18.2 Å². The van der Waals surface area contributed by atoms with Crippen LogP contribution < -0.4 is 16.2 Å². The molecule has 2 aromatic heterocycles. The number of anilines is 2. The lowest BCUT2D eigenvalue weighted by Gasteiger charge is -2.20. The number of hydrogen-bond acceptors (Lipinski definition) is 6. The number of nitrogens with zero attached hydrogens (tertiary/aromatic N) is 4. The Morgan fingerprint density at radius 1 is 1.14 bits per heavy atom. The molecule has 8 nitrogen and oxygen atoms in total. The fourth-order valence-electron chi connectivity index (χ4n) is 4.37. The first-order chi connectivity index (χ1) is 17.0. The predicted octanol–water partition coefficient (Wildman–Crippen LogP) is 3.76. The largest absolute Gasteiger partial charge is 0.408 e. The summed E-state index contributed by atoms with van der Waals surface area (Å²) in [7, 11) is 0. The molecule has 3 heterocycles. The van der Waals surface area contributed by atoms with E-state index in [1.165, 1.54) is 17.3 Å². The molecule has 0 unspecified atom stereocenters. The van der Waals surface area contributed by atoms with Crippen LogP contribution in [0.25, 0.3) is 16.7 Å². The van der Waals surface area contributed by atoms with E-state index >= 15 is 0 Å². The number of aliphatic hydroxyl groups is 1. The second-order valence-electron chi connectivity index (χ2n) is 9.37. The van der Waals surface area contributed by atoms with E-state index in [1.54, 1.807) is 38.1 Å². The van der Waals surface area contributed by atoms with Crippen LogP contribution in [0.1, 0.15) is 30.5 Å². The summed E-state index contributed by atoms with van der Waals surface area (Å²) >= 11 is 0. The third kappa shape index (κ3) is 4.71. The molecule has 0 fully saturated rings. The van der Waals surface area contributed by atoms with E-state index in [0.717, 1.165) is 29.9 Å². The zero-order valence-electron chi connectivity index (χ0n) is 19.7. The summed E-state index contributed by atoms with van der Waals surface area (Å²) in [4.78, 5) is 21.6. The number of aromatic nitrogens is 4. The quantitative estimate of drug-likeness (QED) is 0.388. The van der Waals surface area contributed by atoms with Crippen molar-refractivity contribution in [2.45, 2.75) is 45.1 Å². The zero-order valence-corrected chi connectivity index (χ0v) is 19.7. The van der Waals surface area contributed by atoms with Gasteiger partial charge in [-0.25, -0.2) is 14.3 Å². The normalized spacial score (nSPS) is 14.2. The lowest BCUT2D eigenvalue weighted by Crippen LogP contribution is -2.30. The highest BCUT2D eigenvalue weighted by Crippen LogP contribution is 2.27. The second kappa shape index (κ2) is 8.75. The van der Waals surface area contributed by atoms with Crippen LogP contribution in [0, 0.1) is 0 Å². The van der Waals surface area contributed by atoms with E-state index < -0.39 is 23.9 Å². The van der Waals surface area contributed by atoms with Gasteiger partial charge in [-0.3, -0.25) is 4.79 Å². The van der Waals surface area contributed by atoms with Crippen molar-refractivity contribution in [3.63, 3.8) is 0 Å². The van der Waals surface area contributed by atoms with E-state index in [9.17, 15) is 23.1 Å². The standard InChI is InChI=1S/C25H25F3N6O2/c1-24(2,36)17-4-3-5-19(11-17)34-21-20(22(35)33(34)14-25(26,27)28)13-30-23(32-21)31-18-7-6-16-12-29-9-8-15(16)10-18/h3-7,10-11,13,29,36H,8-9,12,14H2,1-2H3,(H,30,31,32). The molecule has 1 aliphatic rings. The Labute approximate surface area is 204 Å². The number of halogens is 3. The highest BCUT2D eigenvalue weighted by molar-refractivity contribution is 5.77. The number of hydrogen-bond donors (Lipinski definition) is 3. The van der Waals surface area contributed by atoms with E-state index in [-0.39, 0.29) is 22.7 Å². The molecule has 188 valence electrons. The van der Waals surface area contributed by atoms with E-state index in [0.29, 0.717) is 10.2 Å². The third-order valence-corrected chi connectivity index (χ3v) is 6.15. The maximum atomic E-state index is 13.5. The molecule has 11 heteroatoms. The highest BCUT2D eigenvalue weighted by atomic mass is 19.4. The summed E-state index contributed by atoms with van der Waals surface area (Å²) in [6.07, 6.45) is -2.53. The lowest BCUT2D eigenvalue weighted by atomic mass is 9.98. The minimum absolute atomic E-state index is 0.0248. The molecule has 1 aliphatic heterocycles. The van der Waals surface area contributed by atoms with Crippen molar-refractivity contribution < 1.29 is 18.3 Å². The molecule has 36 heavy (non-hydrogen) atoms. The minimum Gasteiger partial charge on any atom is -0.386 e. The Bertz CT molecular complexity index is 1500. The molecule has 5 rings (SSSR count). The smallest absolute Gasteiger partial charge is 0.386 e. The first kappa shape index (κ1) is 24.0. The Balaban J connectivity index is 1.64. The van der Waals surface area contributed by atoms with Gasteiger partial charge in [0, 0.05) is 18.4 Å². The van der Waals surface area contributed by atoms with Gasteiger partial charge in [-0.2, -0.15) is 18.2 Å². The van der Waals surface area contributed by atoms with Crippen molar-refractivity contribution in [3.05, 3.63) is 75.7 Å². The number of benzene rings is 2. The summed E-state index contributed by atoms with van der Waals surface area (Å²) in [5.41, 5.74) is 1.80. The summed E-state index contributed by atoms with van der Waals surface area (Å²) in [6.45, 7) is 3.31. The maximum absolute atomic E-state index is 13.5. The van der Waals surface area contributed by atoms with Crippen molar-refractivity contribution in [3.8, 4) is 5.69 Å².